The average molecular weight is 368 g/mol. The Bertz CT molecular complexity index is 739. The van der Waals surface area contributed by atoms with E-state index in [0.717, 1.165) is 25.0 Å². The summed E-state index contributed by atoms with van der Waals surface area (Å²) < 4.78 is 7.11. The number of ether oxygens (including phenoxy) is 1. The smallest absolute Gasteiger partial charge is 0.256 e. The van der Waals surface area contributed by atoms with Crippen LogP contribution in [0.5, 0.6) is 0 Å². The zero-order chi connectivity index (χ0) is 17.1. The number of aromatic nitrogens is 2. The minimum absolute atomic E-state index is 0.0891. The Kier molecular flexibility index (Phi) is 5.43. The van der Waals surface area contributed by atoms with Crippen molar-refractivity contribution in [1.29, 1.82) is 0 Å². The predicted molar refractivity (Wildman–Crippen MR) is 93.8 cm³/mol. The van der Waals surface area contributed by atoms with Gasteiger partial charge in [-0.25, -0.2) is 4.68 Å². The van der Waals surface area contributed by atoms with Crippen LogP contribution >= 0.6 is 23.2 Å². The van der Waals surface area contributed by atoms with Crippen molar-refractivity contribution in [2.75, 3.05) is 13.2 Å². The summed E-state index contributed by atoms with van der Waals surface area (Å²) in [7, 11) is 0. The van der Waals surface area contributed by atoms with E-state index in [4.69, 9.17) is 27.9 Å². The summed E-state index contributed by atoms with van der Waals surface area (Å²) in [6, 6.07) is 7.50. The molecule has 0 spiro atoms. The molecule has 7 heteroatoms. The molecule has 0 bridgehead atoms. The lowest BCUT2D eigenvalue weighted by Crippen LogP contribution is -2.32. The van der Waals surface area contributed by atoms with Crippen molar-refractivity contribution in [3.8, 4) is 0 Å². The van der Waals surface area contributed by atoms with Gasteiger partial charge in [0.25, 0.3) is 5.91 Å². The summed E-state index contributed by atoms with van der Waals surface area (Å²) in [4.78, 5) is 12.4. The molecule has 1 aromatic heterocycles. The monoisotopic (exact) mass is 367 g/mol. The number of carbonyl (C=O) groups excluding carboxylic acids is 1. The quantitative estimate of drug-likeness (QED) is 0.880. The Morgan fingerprint density at radius 1 is 1.42 bits per heavy atom. The maximum Gasteiger partial charge on any atom is 0.256 e. The number of rotatable bonds is 5. The van der Waals surface area contributed by atoms with Gasteiger partial charge >= 0.3 is 0 Å². The molecule has 0 saturated carbocycles. The van der Waals surface area contributed by atoms with E-state index < -0.39 is 0 Å². The highest BCUT2D eigenvalue weighted by atomic mass is 35.5. The molecule has 5 nitrogen and oxygen atoms in total. The van der Waals surface area contributed by atoms with Crippen LogP contribution in [0.2, 0.25) is 10.2 Å². The molecule has 3 rings (SSSR count). The van der Waals surface area contributed by atoms with Crippen LogP contribution in [-0.2, 0) is 11.3 Å². The highest BCUT2D eigenvalue weighted by Crippen LogP contribution is 2.23. The van der Waals surface area contributed by atoms with E-state index in [1.54, 1.807) is 11.6 Å². The number of nitrogens with one attached hydrogen (secondary N) is 1. The van der Waals surface area contributed by atoms with Crippen LogP contribution in [0.1, 0.15) is 34.5 Å². The molecule has 1 fully saturated rings. The van der Waals surface area contributed by atoms with Crippen molar-refractivity contribution in [2.45, 2.75) is 32.4 Å². The Morgan fingerprint density at radius 3 is 2.92 bits per heavy atom. The lowest BCUT2D eigenvalue weighted by molar-refractivity contribution is 0.0857. The standard InChI is InChI=1S/C17H19Cl2N3O2/c1-11-15(17(23)20-9-13-6-4-8-24-13)16(19)22(21-11)10-12-5-2-3-7-14(12)18/h2-3,5,7,13H,4,6,8-10H2,1H3,(H,20,23). The molecule has 1 amide bonds. The van der Waals surface area contributed by atoms with Gasteiger partial charge in [-0.2, -0.15) is 5.10 Å². The summed E-state index contributed by atoms with van der Waals surface area (Å²) >= 11 is 12.6. The lowest BCUT2D eigenvalue weighted by atomic mass is 10.2. The van der Waals surface area contributed by atoms with Crippen LogP contribution in [-0.4, -0.2) is 34.9 Å². The number of hydrogen-bond donors (Lipinski definition) is 1. The molecule has 1 saturated heterocycles. The number of benzene rings is 1. The predicted octanol–water partition coefficient (Wildman–Crippen LogP) is 3.46. The van der Waals surface area contributed by atoms with E-state index in [-0.39, 0.29) is 12.0 Å². The van der Waals surface area contributed by atoms with Crippen molar-refractivity contribution in [3.05, 3.63) is 51.3 Å². The normalized spacial score (nSPS) is 17.2. The third kappa shape index (κ3) is 3.74. The fourth-order valence-electron chi connectivity index (χ4n) is 2.80. The van der Waals surface area contributed by atoms with E-state index in [2.05, 4.69) is 10.4 Å². The molecule has 1 atom stereocenters. The minimum Gasteiger partial charge on any atom is -0.376 e. The summed E-state index contributed by atoms with van der Waals surface area (Å²) in [6.45, 7) is 3.44. The Labute approximate surface area is 150 Å². The van der Waals surface area contributed by atoms with Gasteiger partial charge in [0.15, 0.2) is 0 Å². The first-order valence-corrected chi connectivity index (χ1v) is 8.68. The fraction of sp³-hybridized carbons (Fsp3) is 0.412. The van der Waals surface area contributed by atoms with E-state index >= 15 is 0 Å². The molecule has 2 aromatic rings. The first-order valence-electron chi connectivity index (χ1n) is 7.92. The maximum absolute atomic E-state index is 12.4. The van der Waals surface area contributed by atoms with Gasteiger partial charge in [0, 0.05) is 18.2 Å². The van der Waals surface area contributed by atoms with Crippen molar-refractivity contribution < 1.29 is 9.53 Å². The van der Waals surface area contributed by atoms with Gasteiger partial charge in [0.1, 0.15) is 5.15 Å². The number of nitrogens with zero attached hydrogens (tertiary/aromatic N) is 2. The fourth-order valence-corrected chi connectivity index (χ4v) is 3.32. The van der Waals surface area contributed by atoms with Gasteiger partial charge in [-0.05, 0) is 31.4 Å². The minimum atomic E-state index is -0.224. The zero-order valence-corrected chi connectivity index (χ0v) is 14.9. The van der Waals surface area contributed by atoms with Crippen molar-refractivity contribution >= 4 is 29.1 Å². The molecule has 1 aliphatic rings. The second-order valence-corrected chi connectivity index (χ2v) is 6.61. The molecule has 0 radical (unpaired) electrons. The highest BCUT2D eigenvalue weighted by Gasteiger charge is 2.22. The molecule has 0 aliphatic carbocycles. The van der Waals surface area contributed by atoms with Crippen LogP contribution in [0.4, 0.5) is 0 Å². The zero-order valence-electron chi connectivity index (χ0n) is 13.4. The molecule has 128 valence electrons. The van der Waals surface area contributed by atoms with Gasteiger partial charge in [0.05, 0.1) is 23.9 Å². The van der Waals surface area contributed by atoms with Crippen LogP contribution in [0, 0.1) is 6.92 Å². The average Bonchev–Trinajstić information content (AvgIpc) is 3.16. The van der Waals surface area contributed by atoms with Gasteiger partial charge in [-0.1, -0.05) is 41.4 Å². The van der Waals surface area contributed by atoms with E-state index in [9.17, 15) is 4.79 Å². The Balaban J connectivity index is 1.73. The number of amides is 1. The summed E-state index contributed by atoms with van der Waals surface area (Å²) in [6.07, 6.45) is 2.10. The largest absolute Gasteiger partial charge is 0.376 e. The third-order valence-corrected chi connectivity index (χ3v) is 4.84. The molecular weight excluding hydrogens is 349 g/mol. The maximum atomic E-state index is 12.4. The molecule has 2 heterocycles. The number of halogens is 2. The first kappa shape index (κ1) is 17.3. The van der Waals surface area contributed by atoms with Gasteiger partial charge in [-0.15, -0.1) is 0 Å². The van der Waals surface area contributed by atoms with Crippen molar-refractivity contribution in [1.82, 2.24) is 15.1 Å². The van der Waals surface area contributed by atoms with E-state index in [1.807, 2.05) is 24.3 Å². The SMILES string of the molecule is Cc1nn(Cc2ccccc2Cl)c(Cl)c1C(=O)NCC1CCCO1. The number of aryl methyl sites for hydroxylation is 1. The summed E-state index contributed by atoms with van der Waals surface area (Å²) in [5.74, 6) is -0.224. The first-order chi connectivity index (χ1) is 11.6. The molecule has 1 aliphatic heterocycles. The third-order valence-electron chi connectivity index (χ3n) is 4.08. The second kappa shape index (κ2) is 7.55. The molecular formula is C17H19Cl2N3O2. The van der Waals surface area contributed by atoms with Gasteiger partial charge < -0.3 is 10.1 Å². The van der Waals surface area contributed by atoms with E-state index in [0.29, 0.717) is 34.5 Å². The van der Waals surface area contributed by atoms with Crippen molar-refractivity contribution in [2.24, 2.45) is 0 Å². The summed E-state index contributed by atoms with van der Waals surface area (Å²) in [5, 5.41) is 8.23. The lowest BCUT2D eigenvalue weighted by Gasteiger charge is -2.10. The van der Waals surface area contributed by atoms with Crippen LogP contribution in [0.15, 0.2) is 24.3 Å². The van der Waals surface area contributed by atoms with Crippen LogP contribution in [0.3, 0.4) is 0 Å². The molecule has 1 aromatic carbocycles. The van der Waals surface area contributed by atoms with Gasteiger partial charge in [0.2, 0.25) is 0 Å². The molecule has 1 N–H and O–H groups in total. The van der Waals surface area contributed by atoms with Crippen LogP contribution < -0.4 is 5.32 Å². The topological polar surface area (TPSA) is 56.2 Å². The Morgan fingerprint density at radius 2 is 2.21 bits per heavy atom. The van der Waals surface area contributed by atoms with Gasteiger partial charge in [-0.3, -0.25) is 4.79 Å². The van der Waals surface area contributed by atoms with Crippen LogP contribution in [0.25, 0.3) is 0 Å². The number of hydrogen-bond acceptors (Lipinski definition) is 3. The summed E-state index contributed by atoms with van der Waals surface area (Å²) in [5.41, 5.74) is 1.90. The number of carbonyl (C=O) groups is 1. The highest BCUT2D eigenvalue weighted by molar-refractivity contribution is 6.33. The Hall–Kier alpha value is -1.56. The van der Waals surface area contributed by atoms with Crippen molar-refractivity contribution in [3.63, 3.8) is 0 Å². The molecule has 24 heavy (non-hydrogen) atoms. The second-order valence-electron chi connectivity index (χ2n) is 5.85. The molecule has 1 unspecified atom stereocenters. The van der Waals surface area contributed by atoms with E-state index in [1.165, 1.54) is 0 Å².